The van der Waals surface area contributed by atoms with E-state index in [9.17, 15) is 4.79 Å². The Kier molecular flexibility index (Phi) is 7.86. The summed E-state index contributed by atoms with van der Waals surface area (Å²) in [4.78, 5) is 20.7. The van der Waals surface area contributed by atoms with E-state index in [1.807, 2.05) is 4.90 Å². The van der Waals surface area contributed by atoms with E-state index in [4.69, 9.17) is 11.6 Å². The van der Waals surface area contributed by atoms with E-state index < -0.39 is 0 Å². The molecular weight excluding hydrogens is 347 g/mol. The Morgan fingerprint density at radius 3 is 2.59 bits per heavy atom. The van der Waals surface area contributed by atoms with Gasteiger partial charge in [-0.1, -0.05) is 11.6 Å². The Hall–Kier alpha value is -0.590. The molecule has 1 N–H and O–H groups in total. The molecule has 124 valence electrons. The Morgan fingerprint density at radius 2 is 2.00 bits per heavy atom. The average Bonchev–Trinajstić information content (AvgIpc) is 3.01. The normalized spacial score (nSPS) is 21.9. The molecule has 2 fully saturated rings. The fourth-order valence-electron chi connectivity index (χ4n) is 2.96. The summed E-state index contributed by atoms with van der Waals surface area (Å²) in [5.41, 5.74) is 0.553. The quantitative estimate of drug-likeness (QED) is 0.864. The van der Waals surface area contributed by atoms with Gasteiger partial charge in [-0.2, -0.15) is 0 Å². The van der Waals surface area contributed by atoms with Crippen molar-refractivity contribution in [2.45, 2.75) is 12.5 Å². The van der Waals surface area contributed by atoms with Crippen molar-refractivity contribution in [2.24, 2.45) is 0 Å². The van der Waals surface area contributed by atoms with E-state index in [-0.39, 0.29) is 30.7 Å². The smallest absolute Gasteiger partial charge is 0.255 e. The molecule has 3 rings (SSSR count). The molecule has 1 aromatic heterocycles. The molecule has 0 bridgehead atoms. The van der Waals surface area contributed by atoms with Crippen LogP contribution >= 0.6 is 36.4 Å². The highest BCUT2D eigenvalue weighted by Gasteiger charge is 2.28. The highest BCUT2D eigenvalue weighted by Crippen LogP contribution is 2.18. The van der Waals surface area contributed by atoms with E-state index in [0.29, 0.717) is 16.6 Å². The summed E-state index contributed by atoms with van der Waals surface area (Å²) in [6, 6.07) is 2.33. The van der Waals surface area contributed by atoms with Gasteiger partial charge in [0.25, 0.3) is 5.91 Å². The summed E-state index contributed by atoms with van der Waals surface area (Å²) in [6.07, 6.45) is 4.35. The highest BCUT2D eigenvalue weighted by atomic mass is 35.5. The van der Waals surface area contributed by atoms with Crippen LogP contribution in [0.15, 0.2) is 18.5 Å². The molecule has 8 heteroatoms. The number of carbonyl (C=O) groups is 1. The van der Waals surface area contributed by atoms with Crippen molar-refractivity contribution < 1.29 is 4.79 Å². The Bertz CT molecular complexity index is 489. The molecule has 0 spiro atoms. The minimum absolute atomic E-state index is 0. The molecule has 0 radical (unpaired) electrons. The lowest BCUT2D eigenvalue weighted by atomic mass is 10.1. The number of hydrogen-bond donors (Lipinski definition) is 1. The zero-order valence-corrected chi connectivity index (χ0v) is 14.6. The molecule has 5 nitrogen and oxygen atoms in total. The van der Waals surface area contributed by atoms with Gasteiger partial charge in [-0.05, 0) is 19.0 Å². The van der Waals surface area contributed by atoms with Crippen LogP contribution in [0.5, 0.6) is 0 Å². The molecule has 2 saturated heterocycles. The van der Waals surface area contributed by atoms with Crippen LogP contribution in [-0.4, -0.2) is 66.0 Å². The van der Waals surface area contributed by atoms with Gasteiger partial charge in [0, 0.05) is 51.2 Å². The van der Waals surface area contributed by atoms with Crippen LogP contribution in [0.3, 0.4) is 0 Å². The number of halogens is 3. The maximum atomic E-state index is 12.4. The molecule has 1 aromatic rings. The van der Waals surface area contributed by atoms with Crippen LogP contribution in [0.1, 0.15) is 16.8 Å². The largest absolute Gasteiger partial charge is 0.336 e. The summed E-state index contributed by atoms with van der Waals surface area (Å²) in [5, 5.41) is 3.82. The van der Waals surface area contributed by atoms with E-state index in [2.05, 4.69) is 15.2 Å². The SMILES string of the molecule is Cl.Cl.O=C(c1ccncc1Cl)N1CCN(C2CCNC2)CC1. The van der Waals surface area contributed by atoms with Crippen molar-refractivity contribution >= 4 is 42.3 Å². The number of rotatable bonds is 2. The summed E-state index contributed by atoms with van der Waals surface area (Å²) in [7, 11) is 0. The third kappa shape index (κ3) is 4.24. The topological polar surface area (TPSA) is 48.5 Å². The Morgan fingerprint density at radius 1 is 1.27 bits per heavy atom. The maximum absolute atomic E-state index is 12.4. The van der Waals surface area contributed by atoms with Gasteiger partial charge in [0.1, 0.15) is 0 Å². The van der Waals surface area contributed by atoms with E-state index in [1.54, 1.807) is 12.3 Å². The lowest BCUT2D eigenvalue weighted by molar-refractivity contribution is 0.0584. The van der Waals surface area contributed by atoms with Gasteiger partial charge < -0.3 is 10.2 Å². The zero-order chi connectivity index (χ0) is 13.9. The van der Waals surface area contributed by atoms with Gasteiger partial charge in [-0.15, -0.1) is 24.8 Å². The number of amides is 1. The summed E-state index contributed by atoms with van der Waals surface area (Å²) in [5.74, 6) is 0.0154. The fraction of sp³-hybridized carbons (Fsp3) is 0.571. The van der Waals surface area contributed by atoms with Crippen LogP contribution in [0.4, 0.5) is 0 Å². The second kappa shape index (κ2) is 8.89. The molecular formula is C14H21Cl3N4O. The molecule has 1 amide bonds. The van der Waals surface area contributed by atoms with Gasteiger partial charge in [0.2, 0.25) is 0 Å². The first-order valence-electron chi connectivity index (χ1n) is 7.09. The highest BCUT2D eigenvalue weighted by molar-refractivity contribution is 6.33. The first-order chi connectivity index (χ1) is 9.75. The molecule has 2 aliphatic rings. The standard InChI is InChI=1S/C14H19ClN4O.2ClH/c15-13-10-17-4-2-12(13)14(20)19-7-5-18(6-8-19)11-1-3-16-9-11;;/h2,4,10-11,16H,1,3,5-9H2;2*1H. The number of carbonyl (C=O) groups excluding carboxylic acids is 1. The number of hydrogen-bond acceptors (Lipinski definition) is 4. The van der Waals surface area contributed by atoms with Crippen molar-refractivity contribution in [2.75, 3.05) is 39.3 Å². The monoisotopic (exact) mass is 366 g/mol. The molecule has 0 saturated carbocycles. The molecule has 1 atom stereocenters. The number of aromatic nitrogens is 1. The van der Waals surface area contributed by atoms with Gasteiger partial charge in [-0.3, -0.25) is 14.7 Å². The zero-order valence-electron chi connectivity index (χ0n) is 12.2. The lowest BCUT2D eigenvalue weighted by Crippen LogP contribution is -2.52. The average molecular weight is 368 g/mol. The first-order valence-corrected chi connectivity index (χ1v) is 7.47. The molecule has 22 heavy (non-hydrogen) atoms. The number of nitrogens with one attached hydrogen (secondary N) is 1. The second-order valence-electron chi connectivity index (χ2n) is 5.33. The van der Waals surface area contributed by atoms with Crippen LogP contribution in [0.25, 0.3) is 0 Å². The molecule has 3 heterocycles. The molecule has 2 aliphatic heterocycles. The minimum atomic E-state index is 0. The van der Waals surface area contributed by atoms with Crippen molar-refractivity contribution in [3.05, 3.63) is 29.0 Å². The third-order valence-electron chi connectivity index (χ3n) is 4.16. The number of piperazine rings is 1. The van der Waals surface area contributed by atoms with Crippen LogP contribution in [0.2, 0.25) is 5.02 Å². The van der Waals surface area contributed by atoms with Gasteiger partial charge in [0.15, 0.2) is 0 Å². The Labute approximate surface area is 148 Å². The number of pyridine rings is 1. The third-order valence-corrected chi connectivity index (χ3v) is 4.46. The second-order valence-corrected chi connectivity index (χ2v) is 5.74. The van der Waals surface area contributed by atoms with Crippen LogP contribution in [-0.2, 0) is 0 Å². The summed E-state index contributed by atoms with van der Waals surface area (Å²) in [6.45, 7) is 5.62. The number of nitrogens with zero attached hydrogens (tertiary/aromatic N) is 3. The van der Waals surface area contributed by atoms with E-state index >= 15 is 0 Å². The maximum Gasteiger partial charge on any atom is 0.255 e. The van der Waals surface area contributed by atoms with Crippen LogP contribution < -0.4 is 5.32 Å². The minimum Gasteiger partial charge on any atom is -0.336 e. The van der Waals surface area contributed by atoms with Gasteiger partial charge >= 0.3 is 0 Å². The Balaban J connectivity index is 0.00000121. The van der Waals surface area contributed by atoms with Crippen molar-refractivity contribution in [1.82, 2.24) is 20.1 Å². The van der Waals surface area contributed by atoms with E-state index in [0.717, 1.165) is 39.3 Å². The van der Waals surface area contributed by atoms with Gasteiger partial charge in [-0.25, -0.2) is 0 Å². The van der Waals surface area contributed by atoms with E-state index in [1.165, 1.54) is 12.6 Å². The predicted octanol–water partition coefficient (Wildman–Crippen LogP) is 1.70. The molecule has 0 aromatic carbocycles. The molecule has 1 unspecified atom stereocenters. The lowest BCUT2D eigenvalue weighted by Gasteiger charge is -2.37. The van der Waals surface area contributed by atoms with Crippen molar-refractivity contribution in [3.8, 4) is 0 Å². The summed E-state index contributed by atoms with van der Waals surface area (Å²) >= 11 is 6.04. The summed E-state index contributed by atoms with van der Waals surface area (Å²) < 4.78 is 0. The van der Waals surface area contributed by atoms with Crippen LogP contribution in [0, 0.1) is 0 Å². The first kappa shape index (κ1) is 19.5. The fourth-order valence-corrected chi connectivity index (χ4v) is 3.16. The van der Waals surface area contributed by atoms with Crippen molar-refractivity contribution in [3.63, 3.8) is 0 Å². The van der Waals surface area contributed by atoms with Gasteiger partial charge in [0.05, 0.1) is 10.6 Å². The molecule has 0 aliphatic carbocycles. The van der Waals surface area contributed by atoms with Crippen molar-refractivity contribution in [1.29, 1.82) is 0 Å². The predicted molar refractivity (Wildman–Crippen MR) is 92.5 cm³/mol.